The number of nitrogens with one attached hydrogen (secondary N) is 2. The lowest BCUT2D eigenvalue weighted by atomic mass is 9.93. The number of hydrogen-bond acceptors (Lipinski definition) is 3. The second-order valence-corrected chi connectivity index (χ2v) is 6.77. The molecule has 4 nitrogen and oxygen atoms in total. The molecule has 0 aromatic heterocycles. The van der Waals surface area contributed by atoms with Crippen LogP contribution in [0.4, 0.5) is 0 Å². The summed E-state index contributed by atoms with van der Waals surface area (Å²) >= 11 is 0. The normalized spacial score (nSPS) is 22.3. The van der Waals surface area contributed by atoms with E-state index in [1.807, 2.05) is 0 Å². The Hall–Kier alpha value is -0.610. The van der Waals surface area contributed by atoms with Crippen LogP contribution in [-0.2, 0) is 4.79 Å². The molecule has 0 atom stereocenters. The molecule has 0 saturated carbocycles. The van der Waals surface area contributed by atoms with Crippen LogP contribution < -0.4 is 10.6 Å². The summed E-state index contributed by atoms with van der Waals surface area (Å²) < 4.78 is 0. The Balaban J connectivity index is 1.56. The molecule has 122 valence electrons. The van der Waals surface area contributed by atoms with E-state index in [0.29, 0.717) is 6.04 Å². The number of hydrogen-bond donors (Lipinski definition) is 2. The van der Waals surface area contributed by atoms with Crippen LogP contribution >= 0.6 is 0 Å². The predicted octanol–water partition coefficient (Wildman–Crippen LogP) is 2.15. The zero-order chi connectivity index (χ0) is 14.9. The van der Waals surface area contributed by atoms with Crippen molar-refractivity contribution in [3.8, 4) is 0 Å². The van der Waals surface area contributed by atoms with Crippen molar-refractivity contribution in [3.05, 3.63) is 0 Å². The summed E-state index contributed by atoms with van der Waals surface area (Å²) in [5.41, 5.74) is 0. The summed E-state index contributed by atoms with van der Waals surface area (Å²) in [6.45, 7) is 8.03. The molecular weight excluding hydrogens is 262 g/mol. The molecule has 1 amide bonds. The van der Waals surface area contributed by atoms with Gasteiger partial charge in [-0.1, -0.05) is 13.3 Å². The molecule has 2 N–H and O–H groups in total. The molecule has 0 aromatic carbocycles. The molecule has 2 aliphatic heterocycles. The maximum atomic E-state index is 12.1. The third-order valence-electron chi connectivity index (χ3n) is 5.02. The second kappa shape index (κ2) is 9.42. The topological polar surface area (TPSA) is 44.4 Å². The Morgan fingerprint density at radius 1 is 1.19 bits per heavy atom. The minimum Gasteiger partial charge on any atom is -0.353 e. The van der Waals surface area contributed by atoms with E-state index in [9.17, 15) is 4.79 Å². The van der Waals surface area contributed by atoms with Gasteiger partial charge in [0.2, 0.25) is 5.91 Å². The van der Waals surface area contributed by atoms with Gasteiger partial charge in [0, 0.05) is 25.6 Å². The number of likely N-dealkylation sites (tertiary alicyclic amines) is 1. The highest BCUT2D eigenvalue weighted by Gasteiger charge is 2.21. The van der Waals surface area contributed by atoms with Crippen LogP contribution in [0.1, 0.15) is 58.3 Å². The summed E-state index contributed by atoms with van der Waals surface area (Å²) in [4.78, 5) is 14.6. The van der Waals surface area contributed by atoms with Gasteiger partial charge in [0.25, 0.3) is 0 Å². The monoisotopic (exact) mass is 295 g/mol. The third kappa shape index (κ3) is 6.35. The van der Waals surface area contributed by atoms with E-state index in [1.54, 1.807) is 0 Å². The van der Waals surface area contributed by atoms with E-state index >= 15 is 0 Å². The molecule has 4 heteroatoms. The van der Waals surface area contributed by atoms with Gasteiger partial charge in [-0.3, -0.25) is 4.79 Å². The fourth-order valence-electron chi connectivity index (χ4n) is 3.49. The van der Waals surface area contributed by atoms with Crippen molar-refractivity contribution in [2.45, 2.75) is 64.3 Å². The largest absolute Gasteiger partial charge is 0.353 e. The fourth-order valence-corrected chi connectivity index (χ4v) is 3.49. The Morgan fingerprint density at radius 2 is 1.90 bits per heavy atom. The molecule has 2 saturated heterocycles. The molecule has 0 spiro atoms. The number of unbranched alkanes of at least 4 members (excludes halogenated alkanes) is 1. The Labute approximate surface area is 130 Å². The van der Waals surface area contributed by atoms with E-state index in [-0.39, 0.29) is 5.91 Å². The standard InChI is InChI=1S/C17H33N3O/c1-2-3-12-20-13-8-16(9-14-20)19-17(21)5-4-15-6-10-18-11-7-15/h15-16,18H,2-14H2,1H3,(H,19,21). The van der Waals surface area contributed by atoms with E-state index in [2.05, 4.69) is 22.5 Å². The van der Waals surface area contributed by atoms with Gasteiger partial charge in [-0.2, -0.15) is 0 Å². The molecule has 2 heterocycles. The quantitative estimate of drug-likeness (QED) is 0.756. The maximum absolute atomic E-state index is 12.1. The van der Waals surface area contributed by atoms with Gasteiger partial charge in [-0.15, -0.1) is 0 Å². The lowest BCUT2D eigenvalue weighted by Crippen LogP contribution is -2.44. The number of piperidine rings is 2. The number of nitrogens with zero attached hydrogens (tertiary/aromatic N) is 1. The molecule has 0 aromatic rings. The Morgan fingerprint density at radius 3 is 2.57 bits per heavy atom. The number of rotatable bonds is 7. The Kier molecular flexibility index (Phi) is 7.51. The van der Waals surface area contributed by atoms with Crippen molar-refractivity contribution in [1.82, 2.24) is 15.5 Å². The van der Waals surface area contributed by atoms with Gasteiger partial charge in [-0.05, 0) is 64.1 Å². The average Bonchev–Trinajstić information content (AvgIpc) is 2.53. The van der Waals surface area contributed by atoms with Crippen molar-refractivity contribution < 1.29 is 4.79 Å². The van der Waals surface area contributed by atoms with Crippen LogP contribution in [0.5, 0.6) is 0 Å². The minimum absolute atomic E-state index is 0.278. The first-order valence-corrected chi connectivity index (χ1v) is 9.00. The number of amides is 1. The average molecular weight is 295 g/mol. The smallest absolute Gasteiger partial charge is 0.220 e. The first kappa shape index (κ1) is 16.8. The minimum atomic E-state index is 0.278. The molecule has 21 heavy (non-hydrogen) atoms. The Bertz CT molecular complexity index is 294. The van der Waals surface area contributed by atoms with Crippen LogP contribution in [0.2, 0.25) is 0 Å². The van der Waals surface area contributed by atoms with Gasteiger partial charge in [-0.25, -0.2) is 0 Å². The summed E-state index contributed by atoms with van der Waals surface area (Å²) in [5, 5.41) is 6.64. The summed E-state index contributed by atoms with van der Waals surface area (Å²) in [5.74, 6) is 1.04. The highest BCUT2D eigenvalue weighted by Crippen LogP contribution is 2.18. The van der Waals surface area contributed by atoms with Gasteiger partial charge in [0.1, 0.15) is 0 Å². The number of carbonyl (C=O) groups is 1. The van der Waals surface area contributed by atoms with Crippen molar-refractivity contribution >= 4 is 5.91 Å². The van der Waals surface area contributed by atoms with Gasteiger partial charge < -0.3 is 15.5 Å². The van der Waals surface area contributed by atoms with Crippen molar-refractivity contribution in [3.63, 3.8) is 0 Å². The summed E-state index contributed by atoms with van der Waals surface area (Å²) in [6, 6.07) is 0.420. The van der Waals surface area contributed by atoms with E-state index in [4.69, 9.17) is 0 Å². The molecule has 0 aliphatic carbocycles. The summed E-state index contributed by atoms with van der Waals surface area (Å²) in [7, 11) is 0. The van der Waals surface area contributed by atoms with Crippen molar-refractivity contribution in [1.29, 1.82) is 0 Å². The number of carbonyl (C=O) groups excluding carboxylic acids is 1. The fraction of sp³-hybridized carbons (Fsp3) is 0.941. The van der Waals surface area contributed by atoms with E-state index in [0.717, 1.165) is 57.8 Å². The SMILES string of the molecule is CCCCN1CCC(NC(=O)CCC2CCNCC2)CC1. The third-order valence-corrected chi connectivity index (χ3v) is 5.02. The van der Waals surface area contributed by atoms with Crippen LogP contribution in [-0.4, -0.2) is 49.6 Å². The molecule has 2 fully saturated rings. The lowest BCUT2D eigenvalue weighted by molar-refractivity contribution is -0.122. The summed E-state index contributed by atoms with van der Waals surface area (Å²) in [6.07, 6.45) is 9.10. The van der Waals surface area contributed by atoms with Crippen molar-refractivity contribution in [2.24, 2.45) is 5.92 Å². The highest BCUT2D eigenvalue weighted by molar-refractivity contribution is 5.76. The van der Waals surface area contributed by atoms with E-state index < -0.39 is 0 Å². The zero-order valence-corrected chi connectivity index (χ0v) is 13.7. The molecule has 2 aliphatic rings. The van der Waals surface area contributed by atoms with Crippen LogP contribution in [0.25, 0.3) is 0 Å². The molecule has 0 unspecified atom stereocenters. The van der Waals surface area contributed by atoms with Crippen LogP contribution in [0.3, 0.4) is 0 Å². The molecular formula is C17H33N3O. The van der Waals surface area contributed by atoms with E-state index in [1.165, 1.54) is 32.2 Å². The lowest BCUT2D eigenvalue weighted by Gasteiger charge is -2.32. The molecule has 0 bridgehead atoms. The predicted molar refractivity (Wildman–Crippen MR) is 87.3 cm³/mol. The van der Waals surface area contributed by atoms with Gasteiger partial charge in [0.15, 0.2) is 0 Å². The molecule has 0 radical (unpaired) electrons. The van der Waals surface area contributed by atoms with Gasteiger partial charge in [0.05, 0.1) is 0 Å². The van der Waals surface area contributed by atoms with Crippen LogP contribution in [0.15, 0.2) is 0 Å². The first-order chi connectivity index (χ1) is 10.3. The van der Waals surface area contributed by atoms with Gasteiger partial charge >= 0.3 is 0 Å². The zero-order valence-electron chi connectivity index (χ0n) is 13.7. The highest BCUT2D eigenvalue weighted by atomic mass is 16.1. The molecule has 2 rings (SSSR count). The first-order valence-electron chi connectivity index (χ1n) is 9.00. The second-order valence-electron chi connectivity index (χ2n) is 6.77. The van der Waals surface area contributed by atoms with Crippen molar-refractivity contribution in [2.75, 3.05) is 32.7 Å². The van der Waals surface area contributed by atoms with Crippen LogP contribution in [0, 0.1) is 5.92 Å². The maximum Gasteiger partial charge on any atom is 0.220 e.